The summed E-state index contributed by atoms with van der Waals surface area (Å²) in [5.74, 6) is 0.550. The van der Waals surface area contributed by atoms with Gasteiger partial charge in [0.1, 0.15) is 5.75 Å². The standard InChI is InChI=1S/C14H20Cl2O2/c1-5-14(3,4)13(17)9-7-11(16)12(18-6-2)8-10(9)15/h7-8,13,17H,5-6H2,1-4H3. The largest absolute Gasteiger partial charge is 0.492 e. The molecule has 0 aliphatic rings. The molecule has 4 heteroatoms. The minimum absolute atomic E-state index is 0.250. The highest BCUT2D eigenvalue weighted by atomic mass is 35.5. The fourth-order valence-electron chi connectivity index (χ4n) is 1.63. The molecular weight excluding hydrogens is 271 g/mol. The van der Waals surface area contributed by atoms with Crippen molar-refractivity contribution in [3.63, 3.8) is 0 Å². The SMILES string of the molecule is CCOc1cc(Cl)c(C(O)C(C)(C)CC)cc1Cl. The third kappa shape index (κ3) is 3.31. The van der Waals surface area contributed by atoms with E-state index in [1.54, 1.807) is 12.1 Å². The minimum atomic E-state index is -0.650. The molecule has 0 radical (unpaired) electrons. The van der Waals surface area contributed by atoms with E-state index in [1.807, 2.05) is 27.7 Å². The van der Waals surface area contributed by atoms with E-state index in [0.717, 1.165) is 6.42 Å². The summed E-state index contributed by atoms with van der Waals surface area (Å²) < 4.78 is 5.37. The zero-order chi connectivity index (χ0) is 13.9. The lowest BCUT2D eigenvalue weighted by Gasteiger charge is -2.30. The Kier molecular flexibility index (Phi) is 5.32. The summed E-state index contributed by atoms with van der Waals surface area (Å²) in [7, 11) is 0. The Morgan fingerprint density at radius 2 is 1.83 bits per heavy atom. The quantitative estimate of drug-likeness (QED) is 0.839. The van der Waals surface area contributed by atoms with E-state index in [2.05, 4.69) is 0 Å². The Morgan fingerprint density at radius 1 is 1.22 bits per heavy atom. The number of hydrogen-bond acceptors (Lipinski definition) is 2. The number of hydrogen-bond donors (Lipinski definition) is 1. The van der Waals surface area contributed by atoms with Crippen LogP contribution in [0.15, 0.2) is 12.1 Å². The van der Waals surface area contributed by atoms with Crippen LogP contribution < -0.4 is 4.74 Å². The molecule has 0 fully saturated rings. The molecular formula is C14H20Cl2O2. The molecule has 2 nitrogen and oxygen atoms in total. The Balaban J connectivity index is 3.15. The molecule has 0 aliphatic heterocycles. The minimum Gasteiger partial charge on any atom is -0.492 e. The highest BCUT2D eigenvalue weighted by Crippen LogP contribution is 2.42. The van der Waals surface area contributed by atoms with Crippen molar-refractivity contribution >= 4 is 23.2 Å². The molecule has 0 amide bonds. The molecule has 0 spiro atoms. The van der Waals surface area contributed by atoms with Gasteiger partial charge in [0.05, 0.1) is 22.8 Å². The first-order chi connectivity index (χ1) is 8.33. The molecule has 1 atom stereocenters. The number of benzene rings is 1. The molecule has 1 rings (SSSR count). The summed E-state index contributed by atoms with van der Waals surface area (Å²) in [6.45, 7) is 8.44. The van der Waals surface area contributed by atoms with Crippen molar-refractivity contribution in [2.75, 3.05) is 6.61 Å². The molecule has 0 heterocycles. The first kappa shape index (κ1) is 15.6. The summed E-state index contributed by atoms with van der Waals surface area (Å²) in [5, 5.41) is 11.3. The molecule has 1 unspecified atom stereocenters. The maximum Gasteiger partial charge on any atom is 0.139 e. The van der Waals surface area contributed by atoms with Gasteiger partial charge in [0, 0.05) is 11.6 Å². The third-order valence-electron chi connectivity index (χ3n) is 3.30. The van der Waals surface area contributed by atoms with E-state index in [4.69, 9.17) is 27.9 Å². The van der Waals surface area contributed by atoms with Gasteiger partial charge in [0.25, 0.3) is 0 Å². The van der Waals surface area contributed by atoms with E-state index in [-0.39, 0.29) is 5.41 Å². The molecule has 0 aromatic heterocycles. The zero-order valence-electron chi connectivity index (χ0n) is 11.3. The summed E-state index contributed by atoms with van der Waals surface area (Å²) in [6, 6.07) is 3.36. The molecule has 0 saturated carbocycles. The number of ether oxygens (including phenoxy) is 1. The van der Waals surface area contributed by atoms with E-state index < -0.39 is 6.10 Å². The Bertz CT molecular complexity index is 417. The van der Waals surface area contributed by atoms with Crippen LogP contribution in [0.5, 0.6) is 5.75 Å². The van der Waals surface area contributed by atoms with Crippen LogP contribution in [0.25, 0.3) is 0 Å². The van der Waals surface area contributed by atoms with Crippen LogP contribution in [0.3, 0.4) is 0 Å². The van der Waals surface area contributed by atoms with Gasteiger partial charge in [-0.1, -0.05) is 44.0 Å². The van der Waals surface area contributed by atoms with Crippen molar-refractivity contribution in [1.29, 1.82) is 0 Å². The zero-order valence-corrected chi connectivity index (χ0v) is 12.8. The van der Waals surface area contributed by atoms with Crippen molar-refractivity contribution in [1.82, 2.24) is 0 Å². The first-order valence-corrected chi connectivity index (χ1v) is 6.88. The summed E-state index contributed by atoms with van der Waals surface area (Å²) in [6.07, 6.45) is 0.193. The lowest BCUT2D eigenvalue weighted by molar-refractivity contribution is 0.0466. The Morgan fingerprint density at radius 3 is 2.33 bits per heavy atom. The van der Waals surface area contributed by atoms with Gasteiger partial charge in [-0.05, 0) is 24.8 Å². The second kappa shape index (κ2) is 6.14. The average Bonchev–Trinajstić information content (AvgIpc) is 2.32. The van der Waals surface area contributed by atoms with Gasteiger partial charge < -0.3 is 9.84 Å². The van der Waals surface area contributed by atoms with Crippen molar-refractivity contribution in [2.45, 2.75) is 40.2 Å². The van der Waals surface area contributed by atoms with Gasteiger partial charge >= 0.3 is 0 Å². The molecule has 1 N–H and O–H groups in total. The monoisotopic (exact) mass is 290 g/mol. The second-order valence-electron chi connectivity index (χ2n) is 4.98. The van der Waals surface area contributed by atoms with Gasteiger partial charge in [-0.15, -0.1) is 0 Å². The van der Waals surface area contributed by atoms with Crippen molar-refractivity contribution in [3.05, 3.63) is 27.7 Å². The van der Waals surface area contributed by atoms with Crippen LogP contribution in [0.4, 0.5) is 0 Å². The Labute approximate surface area is 119 Å². The van der Waals surface area contributed by atoms with Crippen molar-refractivity contribution in [2.24, 2.45) is 5.41 Å². The smallest absolute Gasteiger partial charge is 0.139 e. The van der Waals surface area contributed by atoms with E-state index in [9.17, 15) is 5.11 Å². The summed E-state index contributed by atoms with van der Waals surface area (Å²) in [4.78, 5) is 0. The number of halogens is 2. The van der Waals surface area contributed by atoms with Crippen LogP contribution in [-0.4, -0.2) is 11.7 Å². The van der Waals surface area contributed by atoms with Crippen molar-refractivity contribution in [3.8, 4) is 5.75 Å². The van der Waals surface area contributed by atoms with Gasteiger partial charge in [0.15, 0.2) is 0 Å². The van der Waals surface area contributed by atoms with Crippen LogP contribution in [0.1, 0.15) is 45.8 Å². The topological polar surface area (TPSA) is 29.5 Å². The predicted molar refractivity (Wildman–Crippen MR) is 76.7 cm³/mol. The average molecular weight is 291 g/mol. The normalized spacial score (nSPS) is 13.5. The fourth-order valence-corrected chi connectivity index (χ4v) is 2.12. The van der Waals surface area contributed by atoms with Gasteiger partial charge in [-0.2, -0.15) is 0 Å². The lowest BCUT2D eigenvalue weighted by atomic mass is 9.80. The molecule has 1 aromatic carbocycles. The van der Waals surface area contributed by atoms with E-state index in [0.29, 0.717) is 28.0 Å². The summed E-state index contributed by atoms with van der Waals surface area (Å²) >= 11 is 12.3. The molecule has 0 saturated heterocycles. The summed E-state index contributed by atoms with van der Waals surface area (Å²) in [5.41, 5.74) is 0.400. The van der Waals surface area contributed by atoms with Gasteiger partial charge in [-0.25, -0.2) is 0 Å². The van der Waals surface area contributed by atoms with Crippen LogP contribution in [0, 0.1) is 5.41 Å². The maximum absolute atomic E-state index is 10.4. The highest BCUT2D eigenvalue weighted by molar-refractivity contribution is 6.34. The van der Waals surface area contributed by atoms with Gasteiger partial charge in [0.2, 0.25) is 0 Å². The Hall–Kier alpha value is -0.440. The van der Waals surface area contributed by atoms with Crippen LogP contribution in [0.2, 0.25) is 10.0 Å². The fraction of sp³-hybridized carbons (Fsp3) is 0.571. The van der Waals surface area contributed by atoms with Gasteiger partial charge in [-0.3, -0.25) is 0 Å². The molecule has 102 valence electrons. The van der Waals surface area contributed by atoms with E-state index in [1.165, 1.54) is 0 Å². The predicted octanol–water partition coefficient (Wildman–Crippen LogP) is 4.86. The van der Waals surface area contributed by atoms with Crippen LogP contribution >= 0.6 is 23.2 Å². The molecule has 0 aliphatic carbocycles. The maximum atomic E-state index is 10.4. The highest BCUT2D eigenvalue weighted by Gasteiger charge is 2.29. The number of rotatable bonds is 5. The molecule has 18 heavy (non-hydrogen) atoms. The number of aliphatic hydroxyl groups is 1. The van der Waals surface area contributed by atoms with E-state index >= 15 is 0 Å². The first-order valence-electron chi connectivity index (χ1n) is 6.13. The molecule has 1 aromatic rings. The molecule has 0 bridgehead atoms. The van der Waals surface area contributed by atoms with Crippen LogP contribution in [-0.2, 0) is 0 Å². The third-order valence-corrected chi connectivity index (χ3v) is 3.92. The lowest BCUT2D eigenvalue weighted by Crippen LogP contribution is -2.21. The van der Waals surface area contributed by atoms with Crippen molar-refractivity contribution < 1.29 is 9.84 Å². The number of aliphatic hydroxyl groups excluding tert-OH is 1. The second-order valence-corrected chi connectivity index (χ2v) is 5.80.